The largest absolute Gasteiger partial charge is 0.488 e. The molecule has 0 radical (unpaired) electrons. The molecule has 6 rings (SSSR count). The summed E-state index contributed by atoms with van der Waals surface area (Å²) < 4.78 is 12.6. The molecule has 0 spiro atoms. The zero-order valence-corrected chi connectivity index (χ0v) is 26.9. The lowest BCUT2D eigenvalue weighted by Crippen LogP contribution is -2.44. The van der Waals surface area contributed by atoms with E-state index in [0.717, 1.165) is 48.6 Å². The lowest BCUT2D eigenvalue weighted by molar-refractivity contribution is -0.123. The highest BCUT2D eigenvalue weighted by atomic mass is 35.5. The number of rotatable bonds is 11. The Kier molecular flexibility index (Phi) is 10.1. The molecule has 9 heteroatoms. The smallest absolute Gasteiger partial charge is 0.245 e. The number of benzene rings is 4. The molecule has 0 aromatic heterocycles. The zero-order chi connectivity index (χ0) is 31.9. The molecule has 2 aliphatic heterocycles. The molecule has 8 nitrogen and oxygen atoms in total. The number of nitrogens with zero attached hydrogens (tertiary/aromatic N) is 2. The van der Waals surface area contributed by atoms with Gasteiger partial charge in [-0.25, -0.2) is 0 Å². The lowest BCUT2D eigenvalue weighted by Gasteiger charge is -2.34. The predicted octanol–water partition coefficient (Wildman–Crippen LogP) is 6.16. The maximum atomic E-state index is 13.4. The van der Waals surface area contributed by atoms with Crippen LogP contribution in [0.25, 0.3) is 11.3 Å². The molecule has 4 aromatic carbocycles. The Balaban J connectivity index is 1.42. The number of anilines is 1. The number of carbonyl (C=O) groups is 1. The standard InChI is InChI=1S/C37H39ClN4O4/c1-3-39-37(43)35-34(28-15-10-16-29(21-28)42-19-17-41(2)18-20-42)36(46-40-35)30-22-31(38)33(45-25-27-13-8-5-9-14-27)23-32(30)44-24-26-11-6-4-7-12-26/h4-16,21-23,35,40H,3,17-20,24-25H2,1-2H3,(H,39,43). The van der Waals surface area contributed by atoms with Crippen molar-refractivity contribution in [2.45, 2.75) is 26.2 Å². The molecule has 2 heterocycles. The molecule has 2 aliphatic rings. The number of ether oxygens (including phenoxy) is 2. The number of carbonyl (C=O) groups excluding carboxylic acids is 1. The van der Waals surface area contributed by atoms with Crippen LogP contribution in [0.4, 0.5) is 5.69 Å². The Morgan fingerprint density at radius 2 is 1.52 bits per heavy atom. The van der Waals surface area contributed by atoms with E-state index in [4.69, 9.17) is 25.9 Å². The van der Waals surface area contributed by atoms with E-state index in [2.05, 4.69) is 39.8 Å². The molecule has 4 aromatic rings. The highest BCUT2D eigenvalue weighted by molar-refractivity contribution is 6.32. The summed E-state index contributed by atoms with van der Waals surface area (Å²) in [4.78, 5) is 24.3. The number of hydrogen-bond donors (Lipinski definition) is 2. The van der Waals surface area contributed by atoms with Crippen molar-refractivity contribution in [3.63, 3.8) is 0 Å². The van der Waals surface area contributed by atoms with Gasteiger partial charge >= 0.3 is 0 Å². The molecule has 46 heavy (non-hydrogen) atoms. The van der Waals surface area contributed by atoms with Crippen molar-refractivity contribution in [2.75, 3.05) is 44.7 Å². The molecular weight excluding hydrogens is 600 g/mol. The minimum atomic E-state index is -0.743. The van der Waals surface area contributed by atoms with E-state index >= 15 is 0 Å². The summed E-state index contributed by atoms with van der Waals surface area (Å²) in [5.41, 5.74) is 8.32. The first kappa shape index (κ1) is 31.5. The predicted molar refractivity (Wildman–Crippen MR) is 183 cm³/mol. The summed E-state index contributed by atoms with van der Waals surface area (Å²) in [6.45, 7) is 6.90. The number of likely N-dealkylation sites (N-methyl/N-ethyl adjacent to an activating group) is 2. The minimum Gasteiger partial charge on any atom is -0.488 e. The maximum Gasteiger partial charge on any atom is 0.245 e. The van der Waals surface area contributed by atoms with Gasteiger partial charge in [-0.2, -0.15) is 0 Å². The summed E-state index contributed by atoms with van der Waals surface area (Å²) in [5.74, 6) is 1.31. The van der Waals surface area contributed by atoms with Crippen LogP contribution in [0, 0.1) is 0 Å². The van der Waals surface area contributed by atoms with Crippen molar-refractivity contribution in [1.29, 1.82) is 0 Å². The number of nitrogens with one attached hydrogen (secondary N) is 2. The second-order valence-corrected chi connectivity index (χ2v) is 11.9. The van der Waals surface area contributed by atoms with Crippen molar-refractivity contribution < 1.29 is 19.1 Å². The van der Waals surface area contributed by atoms with Crippen molar-refractivity contribution in [2.24, 2.45) is 0 Å². The summed E-state index contributed by atoms with van der Waals surface area (Å²) in [6.07, 6.45) is 0. The molecule has 2 N–H and O–H groups in total. The van der Waals surface area contributed by atoms with Crippen molar-refractivity contribution in [3.8, 4) is 11.5 Å². The van der Waals surface area contributed by atoms with Crippen LogP contribution in [0.5, 0.6) is 11.5 Å². The number of hydrogen-bond acceptors (Lipinski definition) is 7. The number of hydroxylamine groups is 1. The molecule has 1 amide bonds. The first-order valence-corrected chi connectivity index (χ1v) is 16.0. The Bertz CT molecular complexity index is 1670. The highest BCUT2D eigenvalue weighted by Crippen LogP contribution is 2.43. The second-order valence-electron chi connectivity index (χ2n) is 11.5. The summed E-state index contributed by atoms with van der Waals surface area (Å²) >= 11 is 6.88. The van der Waals surface area contributed by atoms with Gasteiger partial charge in [0.05, 0.1) is 10.6 Å². The van der Waals surface area contributed by atoms with Gasteiger partial charge in [-0.3, -0.25) is 4.79 Å². The molecular formula is C37H39ClN4O4. The fraction of sp³-hybridized carbons (Fsp3) is 0.270. The molecule has 0 bridgehead atoms. The van der Waals surface area contributed by atoms with Crippen LogP contribution in [-0.2, 0) is 22.8 Å². The summed E-state index contributed by atoms with van der Waals surface area (Å²) in [5, 5.41) is 3.35. The van der Waals surface area contributed by atoms with Gasteiger partial charge in [0.2, 0.25) is 5.91 Å². The van der Waals surface area contributed by atoms with Crippen molar-refractivity contribution in [1.82, 2.24) is 15.7 Å². The Labute approximate surface area is 275 Å². The fourth-order valence-electron chi connectivity index (χ4n) is 5.67. The maximum absolute atomic E-state index is 13.4. The number of halogens is 1. The average molecular weight is 639 g/mol. The van der Waals surface area contributed by atoms with Gasteiger partial charge in [-0.1, -0.05) is 84.4 Å². The monoisotopic (exact) mass is 638 g/mol. The first-order chi connectivity index (χ1) is 22.5. The van der Waals surface area contributed by atoms with Gasteiger partial charge in [-0.05, 0) is 48.9 Å². The third-order valence-corrected chi connectivity index (χ3v) is 8.50. The highest BCUT2D eigenvalue weighted by Gasteiger charge is 2.36. The topological polar surface area (TPSA) is 75.3 Å². The van der Waals surface area contributed by atoms with E-state index in [-0.39, 0.29) is 5.91 Å². The van der Waals surface area contributed by atoms with E-state index in [1.165, 1.54) is 0 Å². The van der Waals surface area contributed by atoms with Gasteiger partial charge in [0.1, 0.15) is 24.7 Å². The van der Waals surface area contributed by atoms with Gasteiger partial charge in [0.25, 0.3) is 0 Å². The van der Waals surface area contributed by atoms with E-state index in [0.29, 0.717) is 53.2 Å². The molecule has 1 unspecified atom stereocenters. The van der Waals surface area contributed by atoms with Gasteiger partial charge in [-0.15, -0.1) is 5.48 Å². The van der Waals surface area contributed by atoms with Crippen molar-refractivity contribution in [3.05, 3.63) is 124 Å². The van der Waals surface area contributed by atoms with E-state index < -0.39 is 6.04 Å². The van der Waals surface area contributed by atoms with Gasteiger partial charge in [0.15, 0.2) is 11.8 Å². The Morgan fingerprint density at radius 3 is 2.17 bits per heavy atom. The Morgan fingerprint density at radius 1 is 0.870 bits per heavy atom. The molecule has 0 saturated carbocycles. The van der Waals surface area contributed by atoms with Crippen LogP contribution in [0.15, 0.2) is 97.1 Å². The van der Waals surface area contributed by atoms with E-state index in [1.807, 2.05) is 79.7 Å². The van der Waals surface area contributed by atoms with Crippen LogP contribution < -0.4 is 25.2 Å². The zero-order valence-electron chi connectivity index (χ0n) is 26.2. The number of piperazine rings is 1. The average Bonchev–Trinajstić information content (AvgIpc) is 3.54. The molecule has 1 fully saturated rings. The third kappa shape index (κ3) is 7.31. The third-order valence-electron chi connectivity index (χ3n) is 8.20. The molecule has 0 aliphatic carbocycles. The van der Waals surface area contributed by atoms with Gasteiger partial charge < -0.3 is 29.4 Å². The fourth-order valence-corrected chi connectivity index (χ4v) is 5.89. The van der Waals surface area contributed by atoms with Crippen LogP contribution in [-0.4, -0.2) is 56.6 Å². The van der Waals surface area contributed by atoms with Crippen LogP contribution in [0.2, 0.25) is 5.02 Å². The molecule has 1 atom stereocenters. The van der Waals surface area contributed by atoms with Crippen LogP contribution in [0.1, 0.15) is 29.2 Å². The van der Waals surface area contributed by atoms with E-state index in [1.54, 1.807) is 12.1 Å². The summed E-state index contributed by atoms with van der Waals surface area (Å²) in [6, 6.07) is 31.0. The first-order valence-electron chi connectivity index (χ1n) is 15.7. The lowest BCUT2D eigenvalue weighted by atomic mass is 9.94. The normalized spacial score (nSPS) is 16.7. The molecule has 238 valence electrons. The minimum absolute atomic E-state index is 0.182. The van der Waals surface area contributed by atoms with Crippen LogP contribution in [0.3, 0.4) is 0 Å². The van der Waals surface area contributed by atoms with Crippen molar-refractivity contribution >= 4 is 34.5 Å². The Hall–Kier alpha value is -4.50. The van der Waals surface area contributed by atoms with Gasteiger partial charge in [0, 0.05) is 50.1 Å². The second kappa shape index (κ2) is 14.7. The SMILES string of the molecule is CCNC(=O)C1NOC(c2cc(Cl)c(OCc3ccccc3)cc2OCc2ccccc2)=C1c1cccc(N2CCN(C)CC2)c1. The number of amides is 1. The quantitative estimate of drug-likeness (QED) is 0.204. The van der Waals surface area contributed by atoms with Crippen LogP contribution >= 0.6 is 11.6 Å². The van der Waals surface area contributed by atoms with E-state index in [9.17, 15) is 4.79 Å². The molecule has 1 saturated heterocycles. The summed E-state index contributed by atoms with van der Waals surface area (Å²) in [7, 11) is 2.14.